The summed E-state index contributed by atoms with van der Waals surface area (Å²) in [6, 6.07) is 3.82. The van der Waals surface area contributed by atoms with Crippen LogP contribution in [0.1, 0.15) is 49.3 Å². The van der Waals surface area contributed by atoms with Crippen molar-refractivity contribution in [3.05, 3.63) is 34.9 Å². The molecule has 1 aromatic rings. The Bertz CT molecular complexity index is 724. The number of carbonyl (C=O) groups is 1. The van der Waals surface area contributed by atoms with Crippen molar-refractivity contribution in [2.45, 2.75) is 57.4 Å². The van der Waals surface area contributed by atoms with Gasteiger partial charge in [-0.2, -0.15) is 13.2 Å². The Hall–Kier alpha value is -1.60. The third-order valence-electron chi connectivity index (χ3n) is 6.39. The third kappa shape index (κ3) is 3.59. The zero-order valence-electron chi connectivity index (χ0n) is 15.5. The Morgan fingerprint density at radius 3 is 2.63 bits per heavy atom. The number of nitrogens with one attached hydrogen (secondary N) is 2. The number of rotatable bonds is 5. The predicted molar refractivity (Wildman–Crippen MR) is 95.6 cm³/mol. The van der Waals surface area contributed by atoms with Gasteiger partial charge in [-0.15, -0.1) is 0 Å². The molecule has 4 nitrogen and oxygen atoms in total. The van der Waals surface area contributed by atoms with Gasteiger partial charge in [0.25, 0.3) is 0 Å². The van der Waals surface area contributed by atoms with Gasteiger partial charge in [0, 0.05) is 37.8 Å². The molecule has 0 bridgehead atoms. The summed E-state index contributed by atoms with van der Waals surface area (Å²) in [6.45, 7) is 4.37. The van der Waals surface area contributed by atoms with E-state index in [1.54, 1.807) is 4.90 Å². The fraction of sp³-hybridized carbons (Fsp3) is 0.650. The number of alkyl halides is 3. The lowest BCUT2D eigenvalue weighted by Crippen LogP contribution is -2.48. The fourth-order valence-electron chi connectivity index (χ4n) is 4.65. The number of hydrogen-bond donors (Lipinski definition) is 2. The molecule has 2 heterocycles. The van der Waals surface area contributed by atoms with Crippen molar-refractivity contribution in [2.75, 3.05) is 13.2 Å². The standard InChI is InChI=1S/C20H26F3N3O/c1-2-13(8-19(16-5-6-16)11-24-12-25-19)18(27)26-9-14-3-4-17(20(21,22)23)7-15(14)10-26/h3-4,7,13,16,24-25H,2,5-6,8-12H2,1H3/t13-,19+/m0/s1. The molecule has 27 heavy (non-hydrogen) atoms. The summed E-state index contributed by atoms with van der Waals surface area (Å²) >= 11 is 0. The average Bonchev–Trinajstić information content (AvgIpc) is 3.24. The van der Waals surface area contributed by atoms with Gasteiger partial charge in [-0.1, -0.05) is 13.0 Å². The molecule has 0 spiro atoms. The van der Waals surface area contributed by atoms with E-state index in [0.29, 0.717) is 18.0 Å². The first-order valence-electron chi connectivity index (χ1n) is 9.76. The molecule has 0 radical (unpaired) electrons. The summed E-state index contributed by atoms with van der Waals surface area (Å²) in [6.07, 6.45) is -0.407. The van der Waals surface area contributed by atoms with Crippen molar-refractivity contribution in [3.63, 3.8) is 0 Å². The molecule has 2 N–H and O–H groups in total. The zero-order chi connectivity index (χ0) is 19.2. The van der Waals surface area contributed by atoms with Crippen LogP contribution in [0.25, 0.3) is 0 Å². The van der Waals surface area contributed by atoms with Crippen LogP contribution in [0.2, 0.25) is 0 Å². The van der Waals surface area contributed by atoms with Crippen LogP contribution in [0.15, 0.2) is 18.2 Å². The van der Waals surface area contributed by atoms with Gasteiger partial charge >= 0.3 is 6.18 Å². The fourth-order valence-corrected chi connectivity index (χ4v) is 4.65. The second-order valence-electron chi connectivity index (χ2n) is 8.20. The quantitative estimate of drug-likeness (QED) is 0.823. The van der Waals surface area contributed by atoms with Crippen molar-refractivity contribution < 1.29 is 18.0 Å². The Labute approximate surface area is 157 Å². The molecule has 7 heteroatoms. The monoisotopic (exact) mass is 381 g/mol. The Morgan fingerprint density at radius 2 is 2.04 bits per heavy atom. The van der Waals surface area contributed by atoms with E-state index in [0.717, 1.165) is 37.7 Å². The minimum absolute atomic E-state index is 0.00757. The average molecular weight is 381 g/mol. The number of hydrogen-bond acceptors (Lipinski definition) is 3. The van der Waals surface area contributed by atoms with Gasteiger partial charge in [0.05, 0.1) is 5.56 Å². The lowest BCUT2D eigenvalue weighted by atomic mass is 9.82. The number of amides is 1. The van der Waals surface area contributed by atoms with Crippen LogP contribution >= 0.6 is 0 Å². The minimum atomic E-state index is -4.35. The van der Waals surface area contributed by atoms with Gasteiger partial charge in [0.1, 0.15) is 0 Å². The van der Waals surface area contributed by atoms with Crippen LogP contribution in [0.5, 0.6) is 0 Å². The van der Waals surface area contributed by atoms with E-state index < -0.39 is 11.7 Å². The summed E-state index contributed by atoms with van der Waals surface area (Å²) in [5.74, 6) is 0.588. The number of nitrogens with zero attached hydrogens (tertiary/aromatic N) is 1. The van der Waals surface area contributed by atoms with Crippen LogP contribution in [-0.2, 0) is 24.1 Å². The van der Waals surface area contributed by atoms with Crippen LogP contribution in [0.4, 0.5) is 13.2 Å². The zero-order valence-corrected chi connectivity index (χ0v) is 15.5. The maximum Gasteiger partial charge on any atom is 0.416 e. The highest BCUT2D eigenvalue weighted by atomic mass is 19.4. The molecule has 2 atom stereocenters. The number of fused-ring (bicyclic) bond motifs is 1. The first-order chi connectivity index (χ1) is 12.8. The van der Waals surface area contributed by atoms with Crippen molar-refractivity contribution in [3.8, 4) is 0 Å². The van der Waals surface area contributed by atoms with Crippen molar-refractivity contribution in [1.29, 1.82) is 0 Å². The van der Waals surface area contributed by atoms with E-state index in [9.17, 15) is 18.0 Å². The smallest absolute Gasteiger partial charge is 0.334 e. The number of halogens is 3. The minimum Gasteiger partial charge on any atom is -0.334 e. The van der Waals surface area contributed by atoms with Crippen molar-refractivity contribution in [2.24, 2.45) is 11.8 Å². The van der Waals surface area contributed by atoms with E-state index in [2.05, 4.69) is 10.6 Å². The Morgan fingerprint density at radius 1 is 1.30 bits per heavy atom. The lowest BCUT2D eigenvalue weighted by molar-refractivity contribution is -0.137. The van der Waals surface area contributed by atoms with Gasteiger partial charge in [-0.25, -0.2) is 0 Å². The largest absolute Gasteiger partial charge is 0.416 e. The molecular formula is C20H26F3N3O. The normalized spacial score (nSPS) is 26.3. The van der Waals surface area contributed by atoms with Gasteiger partial charge in [-0.05, 0) is 54.9 Å². The molecule has 0 unspecified atom stereocenters. The summed E-state index contributed by atoms with van der Waals surface area (Å²) < 4.78 is 38.9. The van der Waals surface area contributed by atoms with Crippen molar-refractivity contribution in [1.82, 2.24) is 15.5 Å². The third-order valence-corrected chi connectivity index (χ3v) is 6.39. The van der Waals surface area contributed by atoms with Crippen molar-refractivity contribution >= 4 is 5.91 Å². The molecule has 1 saturated carbocycles. The topological polar surface area (TPSA) is 44.4 Å². The first-order valence-corrected chi connectivity index (χ1v) is 9.76. The summed E-state index contributed by atoms with van der Waals surface area (Å²) in [5.41, 5.74) is 0.790. The SMILES string of the molecule is CC[C@@H](C[C@]1(C2CC2)CNCN1)C(=O)N1Cc2ccc(C(F)(F)F)cc2C1. The van der Waals surface area contributed by atoms with E-state index in [1.165, 1.54) is 25.0 Å². The molecule has 1 saturated heterocycles. The van der Waals surface area contributed by atoms with Gasteiger partial charge in [0.15, 0.2) is 0 Å². The first kappa shape index (κ1) is 18.7. The highest BCUT2D eigenvalue weighted by Gasteiger charge is 2.49. The second kappa shape index (κ2) is 6.78. The molecule has 148 valence electrons. The molecule has 1 aromatic carbocycles. The maximum absolute atomic E-state index is 13.2. The molecule has 2 fully saturated rings. The van der Waals surface area contributed by atoms with Gasteiger partial charge < -0.3 is 10.2 Å². The molecule has 2 aliphatic heterocycles. The molecular weight excluding hydrogens is 355 g/mol. The molecule has 1 amide bonds. The second-order valence-corrected chi connectivity index (χ2v) is 8.20. The van der Waals surface area contributed by atoms with E-state index in [1.807, 2.05) is 6.92 Å². The number of carbonyl (C=O) groups excluding carboxylic acids is 1. The molecule has 0 aromatic heterocycles. The van der Waals surface area contributed by atoms with Gasteiger partial charge in [0.2, 0.25) is 5.91 Å². The van der Waals surface area contributed by atoms with Crippen LogP contribution in [0.3, 0.4) is 0 Å². The van der Waals surface area contributed by atoms with Crippen LogP contribution in [-0.4, -0.2) is 29.6 Å². The summed E-state index contributed by atoms with van der Waals surface area (Å²) in [4.78, 5) is 14.9. The Kier molecular flexibility index (Phi) is 4.71. The number of benzene rings is 1. The van der Waals surface area contributed by atoms with E-state index in [4.69, 9.17) is 0 Å². The summed E-state index contributed by atoms with van der Waals surface area (Å²) in [7, 11) is 0. The highest BCUT2D eigenvalue weighted by molar-refractivity contribution is 5.79. The van der Waals surface area contributed by atoms with Crippen LogP contribution < -0.4 is 10.6 Å². The molecule has 1 aliphatic carbocycles. The van der Waals surface area contributed by atoms with E-state index >= 15 is 0 Å². The van der Waals surface area contributed by atoms with Gasteiger partial charge in [-0.3, -0.25) is 10.1 Å². The highest BCUT2D eigenvalue weighted by Crippen LogP contribution is 2.44. The van der Waals surface area contributed by atoms with Crippen LogP contribution in [0, 0.1) is 11.8 Å². The van der Waals surface area contributed by atoms with E-state index in [-0.39, 0.29) is 23.9 Å². The lowest BCUT2D eigenvalue weighted by Gasteiger charge is -2.33. The predicted octanol–water partition coefficient (Wildman–Crippen LogP) is 3.26. The maximum atomic E-state index is 13.2. The Balaban J connectivity index is 1.47. The molecule has 4 rings (SSSR count). The summed E-state index contributed by atoms with van der Waals surface area (Å²) in [5, 5.41) is 6.94. The molecule has 3 aliphatic rings.